The fourth-order valence-corrected chi connectivity index (χ4v) is 2.52. The lowest BCUT2D eigenvalue weighted by molar-refractivity contribution is -0.0159. The molecule has 1 heterocycles. The second-order valence-electron chi connectivity index (χ2n) is 5.13. The fraction of sp³-hybridized carbons (Fsp3) is 1.00. The molecule has 0 amide bonds. The molecular formula is C11H24N2. The lowest BCUT2D eigenvalue weighted by Gasteiger charge is -2.51. The summed E-state index contributed by atoms with van der Waals surface area (Å²) in [5, 5.41) is 0. The Morgan fingerprint density at radius 2 is 2.15 bits per heavy atom. The summed E-state index contributed by atoms with van der Waals surface area (Å²) in [6.07, 6.45) is 2.56. The van der Waals surface area contributed by atoms with Crippen LogP contribution < -0.4 is 5.73 Å². The van der Waals surface area contributed by atoms with Crippen LogP contribution in [0.25, 0.3) is 0 Å². The number of hydrogen-bond acceptors (Lipinski definition) is 2. The van der Waals surface area contributed by atoms with Gasteiger partial charge in [0.1, 0.15) is 0 Å². The predicted molar refractivity (Wildman–Crippen MR) is 57.7 cm³/mol. The quantitative estimate of drug-likeness (QED) is 0.722. The molecule has 1 rings (SSSR count). The van der Waals surface area contributed by atoms with Gasteiger partial charge in [0, 0.05) is 24.7 Å². The van der Waals surface area contributed by atoms with Crippen molar-refractivity contribution in [3.8, 4) is 0 Å². The van der Waals surface area contributed by atoms with E-state index in [-0.39, 0.29) is 5.54 Å². The number of hydrogen-bond donors (Lipinski definition) is 1. The van der Waals surface area contributed by atoms with Crippen molar-refractivity contribution in [3.05, 3.63) is 0 Å². The van der Waals surface area contributed by atoms with Gasteiger partial charge in [-0.1, -0.05) is 13.8 Å². The molecule has 1 fully saturated rings. The molecule has 78 valence electrons. The first-order valence-electron chi connectivity index (χ1n) is 5.46. The van der Waals surface area contributed by atoms with Crippen LogP contribution in [-0.4, -0.2) is 29.6 Å². The Morgan fingerprint density at radius 3 is 2.38 bits per heavy atom. The van der Waals surface area contributed by atoms with Gasteiger partial charge in [-0.3, -0.25) is 4.90 Å². The van der Waals surface area contributed by atoms with Gasteiger partial charge in [-0.25, -0.2) is 0 Å². The van der Waals surface area contributed by atoms with Crippen molar-refractivity contribution < 1.29 is 0 Å². The number of nitrogens with two attached hydrogens (primary N) is 1. The lowest BCUT2D eigenvalue weighted by Crippen LogP contribution is -2.62. The lowest BCUT2D eigenvalue weighted by atomic mass is 9.84. The standard InChI is InChI=1S/C11H24N2/c1-9(2)7-11(4,8-12)13-6-5-10(13)3/h9-10H,5-8,12H2,1-4H3. The highest BCUT2D eigenvalue weighted by molar-refractivity contribution is 4.95. The molecule has 13 heavy (non-hydrogen) atoms. The maximum Gasteiger partial charge on any atom is 0.0308 e. The highest BCUT2D eigenvalue weighted by Crippen LogP contribution is 2.31. The van der Waals surface area contributed by atoms with Crippen LogP contribution in [0.15, 0.2) is 0 Å². The van der Waals surface area contributed by atoms with Crippen LogP contribution in [0.5, 0.6) is 0 Å². The minimum atomic E-state index is 0.242. The molecule has 2 atom stereocenters. The van der Waals surface area contributed by atoms with Gasteiger partial charge in [0.15, 0.2) is 0 Å². The molecule has 2 nitrogen and oxygen atoms in total. The summed E-state index contributed by atoms with van der Waals surface area (Å²) in [6, 6.07) is 0.743. The number of nitrogens with zero attached hydrogens (tertiary/aromatic N) is 1. The van der Waals surface area contributed by atoms with Crippen molar-refractivity contribution in [1.29, 1.82) is 0 Å². The zero-order valence-corrected chi connectivity index (χ0v) is 9.51. The van der Waals surface area contributed by atoms with Crippen LogP contribution in [0.3, 0.4) is 0 Å². The van der Waals surface area contributed by atoms with Crippen molar-refractivity contribution in [2.45, 2.75) is 52.1 Å². The third kappa shape index (κ3) is 2.23. The zero-order chi connectivity index (χ0) is 10.1. The fourth-order valence-electron chi connectivity index (χ4n) is 2.52. The van der Waals surface area contributed by atoms with E-state index in [9.17, 15) is 0 Å². The highest BCUT2D eigenvalue weighted by Gasteiger charge is 2.38. The van der Waals surface area contributed by atoms with E-state index in [1.54, 1.807) is 0 Å². The summed E-state index contributed by atoms with van der Waals surface area (Å²) < 4.78 is 0. The van der Waals surface area contributed by atoms with Crippen molar-refractivity contribution in [2.75, 3.05) is 13.1 Å². The van der Waals surface area contributed by atoms with E-state index in [1.165, 1.54) is 19.4 Å². The summed E-state index contributed by atoms with van der Waals surface area (Å²) >= 11 is 0. The molecule has 1 aliphatic rings. The van der Waals surface area contributed by atoms with Gasteiger partial charge in [-0.2, -0.15) is 0 Å². The summed E-state index contributed by atoms with van der Waals surface area (Å²) in [5.41, 5.74) is 6.13. The minimum Gasteiger partial charge on any atom is -0.329 e. The van der Waals surface area contributed by atoms with Gasteiger partial charge < -0.3 is 5.73 Å². The SMILES string of the molecule is CC(C)CC(C)(CN)N1CCC1C. The predicted octanol–water partition coefficient (Wildman–Crippen LogP) is 1.84. The van der Waals surface area contributed by atoms with Crippen LogP contribution in [0.1, 0.15) is 40.5 Å². The molecule has 0 aromatic carbocycles. The van der Waals surface area contributed by atoms with Crippen LogP contribution in [0.2, 0.25) is 0 Å². The maximum atomic E-state index is 5.89. The summed E-state index contributed by atoms with van der Waals surface area (Å²) in [6.45, 7) is 11.2. The molecule has 2 N–H and O–H groups in total. The Balaban J connectivity index is 2.57. The van der Waals surface area contributed by atoms with E-state index in [4.69, 9.17) is 5.73 Å². The van der Waals surface area contributed by atoms with Gasteiger partial charge in [0.25, 0.3) is 0 Å². The second-order valence-corrected chi connectivity index (χ2v) is 5.13. The Hall–Kier alpha value is -0.0800. The van der Waals surface area contributed by atoms with Crippen molar-refractivity contribution in [3.63, 3.8) is 0 Å². The van der Waals surface area contributed by atoms with Crippen LogP contribution in [-0.2, 0) is 0 Å². The molecule has 0 radical (unpaired) electrons. The molecule has 0 bridgehead atoms. The number of likely N-dealkylation sites (tertiary alicyclic amines) is 1. The topological polar surface area (TPSA) is 29.3 Å². The second kappa shape index (κ2) is 3.97. The summed E-state index contributed by atoms with van der Waals surface area (Å²) in [4.78, 5) is 2.56. The molecule has 1 aliphatic heterocycles. The van der Waals surface area contributed by atoms with Crippen LogP contribution in [0, 0.1) is 5.92 Å². The molecule has 0 aliphatic carbocycles. The van der Waals surface area contributed by atoms with E-state index in [2.05, 4.69) is 32.6 Å². The van der Waals surface area contributed by atoms with Gasteiger partial charge in [-0.15, -0.1) is 0 Å². The van der Waals surface area contributed by atoms with Crippen LogP contribution >= 0.6 is 0 Å². The molecule has 0 aromatic rings. The normalized spacial score (nSPS) is 28.6. The summed E-state index contributed by atoms with van der Waals surface area (Å²) in [5.74, 6) is 0.737. The smallest absolute Gasteiger partial charge is 0.0308 e. The molecule has 2 unspecified atom stereocenters. The molecule has 0 spiro atoms. The van der Waals surface area contributed by atoms with Crippen molar-refractivity contribution in [1.82, 2.24) is 4.90 Å². The molecule has 0 saturated carbocycles. The molecule has 2 heteroatoms. The van der Waals surface area contributed by atoms with E-state index in [0.717, 1.165) is 18.5 Å². The Labute approximate surface area is 82.5 Å². The third-order valence-electron chi connectivity index (χ3n) is 3.30. The molecule has 1 saturated heterocycles. The van der Waals surface area contributed by atoms with E-state index in [0.29, 0.717) is 0 Å². The zero-order valence-electron chi connectivity index (χ0n) is 9.51. The monoisotopic (exact) mass is 184 g/mol. The number of rotatable bonds is 4. The van der Waals surface area contributed by atoms with Gasteiger partial charge in [-0.05, 0) is 32.6 Å². The van der Waals surface area contributed by atoms with Gasteiger partial charge in [0.2, 0.25) is 0 Å². The third-order valence-corrected chi connectivity index (χ3v) is 3.30. The average Bonchev–Trinajstić information content (AvgIpc) is 2.00. The first kappa shape index (κ1) is 11.0. The molecular weight excluding hydrogens is 160 g/mol. The minimum absolute atomic E-state index is 0.242. The Morgan fingerprint density at radius 1 is 1.54 bits per heavy atom. The van der Waals surface area contributed by atoms with E-state index in [1.807, 2.05) is 0 Å². The Bertz CT molecular complexity index is 167. The largest absolute Gasteiger partial charge is 0.329 e. The average molecular weight is 184 g/mol. The van der Waals surface area contributed by atoms with Gasteiger partial charge in [0.05, 0.1) is 0 Å². The van der Waals surface area contributed by atoms with Gasteiger partial charge >= 0.3 is 0 Å². The summed E-state index contributed by atoms with van der Waals surface area (Å²) in [7, 11) is 0. The van der Waals surface area contributed by atoms with Crippen LogP contribution in [0.4, 0.5) is 0 Å². The van der Waals surface area contributed by atoms with E-state index < -0.39 is 0 Å². The maximum absolute atomic E-state index is 5.89. The van der Waals surface area contributed by atoms with E-state index >= 15 is 0 Å². The van der Waals surface area contributed by atoms with Crippen molar-refractivity contribution >= 4 is 0 Å². The molecule has 0 aromatic heterocycles. The first-order valence-corrected chi connectivity index (χ1v) is 5.46. The highest BCUT2D eigenvalue weighted by atomic mass is 15.3. The Kier molecular flexibility index (Phi) is 3.36. The van der Waals surface area contributed by atoms with Crippen molar-refractivity contribution in [2.24, 2.45) is 11.7 Å². The first-order chi connectivity index (χ1) is 5.99.